The summed E-state index contributed by atoms with van der Waals surface area (Å²) in [6.07, 6.45) is 1.91. The van der Waals surface area contributed by atoms with E-state index >= 15 is 0 Å². The SMILES string of the molecule is Cc1cccc(-c2cn(CC(C)C)nc2O)c1. The number of hydrogen-bond donors (Lipinski definition) is 1. The van der Waals surface area contributed by atoms with Crippen LogP contribution in [0.3, 0.4) is 0 Å². The molecule has 1 aromatic heterocycles. The topological polar surface area (TPSA) is 38.0 Å². The summed E-state index contributed by atoms with van der Waals surface area (Å²) >= 11 is 0. The van der Waals surface area contributed by atoms with Crippen molar-refractivity contribution in [3.8, 4) is 17.0 Å². The fourth-order valence-electron chi connectivity index (χ4n) is 1.90. The Kier molecular flexibility index (Phi) is 3.18. The van der Waals surface area contributed by atoms with Crippen LogP contribution in [0.25, 0.3) is 11.1 Å². The van der Waals surface area contributed by atoms with Crippen LogP contribution in [0.5, 0.6) is 5.88 Å². The summed E-state index contributed by atoms with van der Waals surface area (Å²) < 4.78 is 1.80. The number of hydrogen-bond acceptors (Lipinski definition) is 2. The van der Waals surface area contributed by atoms with E-state index in [-0.39, 0.29) is 5.88 Å². The monoisotopic (exact) mass is 230 g/mol. The third-order valence-electron chi connectivity index (χ3n) is 2.62. The third kappa shape index (κ3) is 2.67. The quantitative estimate of drug-likeness (QED) is 0.879. The lowest BCUT2D eigenvalue weighted by Gasteiger charge is -2.03. The van der Waals surface area contributed by atoms with Crippen molar-refractivity contribution in [3.63, 3.8) is 0 Å². The van der Waals surface area contributed by atoms with Gasteiger partial charge in [-0.1, -0.05) is 43.7 Å². The van der Waals surface area contributed by atoms with Crippen LogP contribution < -0.4 is 0 Å². The molecule has 1 heterocycles. The molecule has 3 nitrogen and oxygen atoms in total. The highest BCUT2D eigenvalue weighted by molar-refractivity contribution is 5.68. The van der Waals surface area contributed by atoms with E-state index < -0.39 is 0 Å². The number of rotatable bonds is 3. The molecule has 0 atom stereocenters. The van der Waals surface area contributed by atoms with E-state index in [1.165, 1.54) is 5.56 Å². The molecule has 0 saturated carbocycles. The van der Waals surface area contributed by atoms with Gasteiger partial charge in [0.25, 0.3) is 0 Å². The molecule has 0 aliphatic heterocycles. The fraction of sp³-hybridized carbons (Fsp3) is 0.357. The van der Waals surface area contributed by atoms with Gasteiger partial charge in [0.15, 0.2) is 0 Å². The second-order valence-electron chi connectivity index (χ2n) is 4.85. The first-order chi connectivity index (χ1) is 8.06. The van der Waals surface area contributed by atoms with E-state index in [4.69, 9.17) is 0 Å². The molecule has 17 heavy (non-hydrogen) atoms. The van der Waals surface area contributed by atoms with Crippen molar-refractivity contribution < 1.29 is 5.11 Å². The van der Waals surface area contributed by atoms with E-state index in [0.29, 0.717) is 5.92 Å². The highest BCUT2D eigenvalue weighted by Crippen LogP contribution is 2.28. The predicted molar refractivity (Wildman–Crippen MR) is 68.9 cm³/mol. The molecule has 0 fully saturated rings. The molecule has 2 rings (SSSR count). The summed E-state index contributed by atoms with van der Waals surface area (Å²) in [6, 6.07) is 8.07. The van der Waals surface area contributed by atoms with E-state index in [1.807, 2.05) is 31.3 Å². The molecule has 0 saturated heterocycles. The van der Waals surface area contributed by atoms with Crippen molar-refractivity contribution in [2.75, 3.05) is 0 Å². The molecular weight excluding hydrogens is 212 g/mol. The van der Waals surface area contributed by atoms with Gasteiger partial charge < -0.3 is 5.11 Å². The van der Waals surface area contributed by atoms with Crippen LogP contribution in [0.15, 0.2) is 30.5 Å². The predicted octanol–water partition coefficient (Wildman–Crippen LogP) is 3.22. The minimum Gasteiger partial charge on any atom is -0.492 e. The van der Waals surface area contributed by atoms with Gasteiger partial charge in [-0.2, -0.15) is 0 Å². The molecule has 90 valence electrons. The Labute approximate surface area is 102 Å². The van der Waals surface area contributed by atoms with Gasteiger partial charge in [-0.3, -0.25) is 4.68 Å². The lowest BCUT2D eigenvalue weighted by atomic mass is 10.1. The van der Waals surface area contributed by atoms with Gasteiger partial charge in [0, 0.05) is 12.7 Å². The van der Waals surface area contributed by atoms with Crippen LogP contribution in [0.2, 0.25) is 0 Å². The summed E-state index contributed by atoms with van der Waals surface area (Å²) in [5.74, 6) is 0.621. The van der Waals surface area contributed by atoms with Gasteiger partial charge >= 0.3 is 0 Å². The van der Waals surface area contributed by atoms with Crippen molar-refractivity contribution in [2.24, 2.45) is 5.92 Å². The van der Waals surface area contributed by atoms with E-state index in [2.05, 4.69) is 25.0 Å². The molecule has 0 unspecified atom stereocenters. The minimum atomic E-state index is 0.108. The van der Waals surface area contributed by atoms with Crippen LogP contribution in [-0.2, 0) is 6.54 Å². The zero-order chi connectivity index (χ0) is 12.4. The average molecular weight is 230 g/mol. The fourth-order valence-corrected chi connectivity index (χ4v) is 1.90. The second kappa shape index (κ2) is 4.62. The summed E-state index contributed by atoms with van der Waals surface area (Å²) in [5.41, 5.74) is 2.99. The molecule has 0 bridgehead atoms. The standard InChI is InChI=1S/C14H18N2O/c1-10(2)8-16-9-13(14(17)15-16)12-6-4-5-11(3)7-12/h4-7,9-10H,8H2,1-3H3,(H,15,17). The van der Waals surface area contributed by atoms with Crippen molar-refractivity contribution in [2.45, 2.75) is 27.3 Å². The number of nitrogens with zero attached hydrogens (tertiary/aromatic N) is 2. The molecule has 3 heteroatoms. The maximum atomic E-state index is 9.86. The van der Waals surface area contributed by atoms with Crippen LogP contribution in [-0.4, -0.2) is 14.9 Å². The number of benzene rings is 1. The van der Waals surface area contributed by atoms with Crippen molar-refractivity contribution in [1.82, 2.24) is 9.78 Å². The van der Waals surface area contributed by atoms with Crippen LogP contribution in [0, 0.1) is 12.8 Å². The van der Waals surface area contributed by atoms with Crippen LogP contribution >= 0.6 is 0 Å². The Hall–Kier alpha value is -1.77. The van der Waals surface area contributed by atoms with Crippen LogP contribution in [0.1, 0.15) is 19.4 Å². The molecular formula is C14H18N2O. The Balaban J connectivity index is 2.36. The van der Waals surface area contributed by atoms with E-state index in [0.717, 1.165) is 17.7 Å². The minimum absolute atomic E-state index is 0.108. The Morgan fingerprint density at radius 1 is 1.35 bits per heavy atom. The highest BCUT2D eigenvalue weighted by Gasteiger charge is 2.10. The van der Waals surface area contributed by atoms with E-state index in [9.17, 15) is 5.11 Å². The zero-order valence-electron chi connectivity index (χ0n) is 10.5. The maximum absolute atomic E-state index is 9.86. The number of aromatic nitrogens is 2. The second-order valence-corrected chi connectivity index (χ2v) is 4.85. The Morgan fingerprint density at radius 2 is 2.12 bits per heavy atom. The number of aryl methyl sites for hydroxylation is 1. The normalized spacial score (nSPS) is 11.1. The summed E-state index contributed by atoms with van der Waals surface area (Å²) in [6.45, 7) is 7.12. The van der Waals surface area contributed by atoms with Gasteiger partial charge in [-0.15, -0.1) is 5.10 Å². The molecule has 0 spiro atoms. The average Bonchev–Trinajstić information content (AvgIpc) is 2.58. The summed E-state index contributed by atoms with van der Waals surface area (Å²) in [4.78, 5) is 0. The van der Waals surface area contributed by atoms with Gasteiger partial charge in [0.05, 0.1) is 5.56 Å². The molecule has 0 aliphatic rings. The molecule has 1 N–H and O–H groups in total. The molecule has 0 aliphatic carbocycles. The Bertz CT molecular complexity index is 515. The first kappa shape index (κ1) is 11.7. The first-order valence-corrected chi connectivity index (χ1v) is 5.89. The lowest BCUT2D eigenvalue weighted by Crippen LogP contribution is -2.04. The van der Waals surface area contributed by atoms with Gasteiger partial charge in [0.2, 0.25) is 5.88 Å². The highest BCUT2D eigenvalue weighted by atomic mass is 16.3. The molecule has 2 aromatic rings. The molecule has 0 amide bonds. The van der Waals surface area contributed by atoms with E-state index in [1.54, 1.807) is 4.68 Å². The van der Waals surface area contributed by atoms with Gasteiger partial charge in [-0.25, -0.2) is 0 Å². The van der Waals surface area contributed by atoms with Crippen LogP contribution in [0.4, 0.5) is 0 Å². The zero-order valence-corrected chi connectivity index (χ0v) is 10.5. The summed E-state index contributed by atoms with van der Waals surface area (Å²) in [7, 11) is 0. The molecule has 1 aromatic carbocycles. The van der Waals surface area contributed by atoms with Crippen molar-refractivity contribution in [3.05, 3.63) is 36.0 Å². The third-order valence-corrected chi connectivity index (χ3v) is 2.62. The largest absolute Gasteiger partial charge is 0.492 e. The lowest BCUT2D eigenvalue weighted by molar-refractivity contribution is 0.421. The van der Waals surface area contributed by atoms with Crippen molar-refractivity contribution in [1.29, 1.82) is 0 Å². The summed E-state index contributed by atoms with van der Waals surface area (Å²) in [5, 5.41) is 14.0. The molecule has 0 radical (unpaired) electrons. The first-order valence-electron chi connectivity index (χ1n) is 5.89. The van der Waals surface area contributed by atoms with Gasteiger partial charge in [0.1, 0.15) is 0 Å². The van der Waals surface area contributed by atoms with Gasteiger partial charge in [-0.05, 0) is 18.4 Å². The number of aromatic hydroxyl groups is 1. The Morgan fingerprint density at radius 3 is 2.76 bits per heavy atom. The maximum Gasteiger partial charge on any atom is 0.238 e. The van der Waals surface area contributed by atoms with Crippen molar-refractivity contribution >= 4 is 0 Å². The smallest absolute Gasteiger partial charge is 0.238 e.